The predicted molar refractivity (Wildman–Crippen MR) is 237 cm³/mol. The van der Waals surface area contributed by atoms with Gasteiger partial charge in [0.1, 0.15) is 0 Å². The molecule has 0 radical (unpaired) electrons. The maximum atomic E-state index is 2.44. The van der Waals surface area contributed by atoms with Gasteiger partial charge in [-0.1, -0.05) is 166 Å². The summed E-state index contributed by atoms with van der Waals surface area (Å²) < 4.78 is 0. The van der Waals surface area contributed by atoms with Crippen LogP contribution in [0.2, 0.25) is 0 Å². The topological polar surface area (TPSA) is 3.24 Å². The highest BCUT2D eigenvalue weighted by Crippen LogP contribution is 2.51. The third-order valence-corrected chi connectivity index (χ3v) is 12.3. The van der Waals surface area contributed by atoms with E-state index in [4.69, 9.17) is 0 Å². The van der Waals surface area contributed by atoms with Gasteiger partial charge >= 0.3 is 0 Å². The fourth-order valence-electron chi connectivity index (χ4n) is 9.48. The molecule has 0 aliphatic heterocycles. The largest absolute Gasteiger partial charge is 0.310 e. The van der Waals surface area contributed by atoms with E-state index in [9.17, 15) is 0 Å². The van der Waals surface area contributed by atoms with Gasteiger partial charge in [0.25, 0.3) is 0 Å². The van der Waals surface area contributed by atoms with Crippen LogP contribution in [0.15, 0.2) is 188 Å². The van der Waals surface area contributed by atoms with Crippen molar-refractivity contribution in [3.05, 3.63) is 210 Å². The molecule has 10 rings (SSSR count). The summed E-state index contributed by atoms with van der Waals surface area (Å²) in [4.78, 5) is 2.44. The van der Waals surface area contributed by atoms with Crippen LogP contribution in [-0.2, 0) is 18.3 Å². The van der Waals surface area contributed by atoms with Gasteiger partial charge in [0.2, 0.25) is 0 Å². The van der Waals surface area contributed by atoms with Crippen LogP contribution < -0.4 is 4.90 Å². The number of aryl methyl sites for hydroxylation is 1. The molecule has 0 fully saturated rings. The number of nitrogens with zero attached hydrogens (tertiary/aromatic N) is 1. The van der Waals surface area contributed by atoms with Gasteiger partial charge in [-0.3, -0.25) is 0 Å². The van der Waals surface area contributed by atoms with E-state index in [1.165, 1.54) is 104 Å². The minimum atomic E-state index is -0.0945. The number of anilines is 3. The second-order valence-electron chi connectivity index (χ2n) is 15.9. The highest BCUT2D eigenvalue weighted by atomic mass is 15.1. The van der Waals surface area contributed by atoms with Crippen molar-refractivity contribution < 1.29 is 0 Å². The first-order chi connectivity index (χ1) is 27.5. The zero-order valence-electron chi connectivity index (χ0n) is 32.2. The average Bonchev–Trinajstić information content (AvgIpc) is 3.49. The summed E-state index contributed by atoms with van der Waals surface area (Å²) in [5, 5.41) is 0. The van der Waals surface area contributed by atoms with Gasteiger partial charge in [-0.15, -0.1) is 0 Å². The molecule has 0 unspecified atom stereocenters. The van der Waals surface area contributed by atoms with Gasteiger partial charge in [-0.2, -0.15) is 0 Å². The molecule has 0 atom stereocenters. The molecule has 0 bridgehead atoms. The van der Waals surface area contributed by atoms with E-state index in [-0.39, 0.29) is 5.41 Å². The van der Waals surface area contributed by atoms with E-state index < -0.39 is 0 Å². The number of hydrogen-bond acceptors (Lipinski definition) is 1. The predicted octanol–water partition coefficient (Wildman–Crippen LogP) is 15.0. The fraction of sp³-hybridized carbons (Fsp3) is 0.127. The van der Waals surface area contributed by atoms with E-state index in [0.717, 1.165) is 17.1 Å². The van der Waals surface area contributed by atoms with Crippen molar-refractivity contribution in [2.45, 2.75) is 44.9 Å². The Balaban J connectivity index is 1.11. The van der Waals surface area contributed by atoms with Crippen LogP contribution in [0.1, 0.15) is 48.9 Å². The summed E-state index contributed by atoms with van der Waals surface area (Å²) in [6.45, 7) is 4.73. The molecular weight excluding hydrogens is 675 g/mol. The van der Waals surface area contributed by atoms with Crippen molar-refractivity contribution in [1.82, 2.24) is 0 Å². The summed E-state index contributed by atoms with van der Waals surface area (Å²) in [5.74, 6) is 0. The molecule has 0 amide bonds. The molecule has 270 valence electrons. The molecule has 0 heterocycles. The highest BCUT2D eigenvalue weighted by molar-refractivity contribution is 5.95. The molecule has 1 nitrogen and oxygen atoms in total. The minimum absolute atomic E-state index is 0.0945. The molecule has 0 spiro atoms. The normalized spacial score (nSPS) is 13.8. The van der Waals surface area contributed by atoms with Crippen LogP contribution in [-0.4, -0.2) is 0 Å². The van der Waals surface area contributed by atoms with Crippen molar-refractivity contribution in [3.63, 3.8) is 0 Å². The van der Waals surface area contributed by atoms with Crippen LogP contribution in [0.3, 0.4) is 0 Å². The first-order valence-electron chi connectivity index (χ1n) is 20.1. The molecule has 8 aromatic carbocycles. The number of fused-ring (bicyclic) bond motifs is 4. The first-order valence-corrected chi connectivity index (χ1v) is 20.1. The van der Waals surface area contributed by atoms with Gasteiger partial charge in [0.05, 0.1) is 0 Å². The van der Waals surface area contributed by atoms with Crippen LogP contribution in [0.25, 0.3) is 55.6 Å². The lowest BCUT2D eigenvalue weighted by Gasteiger charge is -2.28. The standard InChI is InChI=1S/C55H45N/c1-55(2)52-26-12-11-22-50(52)51-36-35-45(37-53(51)55)56(43-31-27-41(28-32-43)47-23-13-20-38-19-9-10-21-46(38)47)44-33-29-42(30-34-44)54-48(39-15-5-3-6-16-39)24-14-25-49(54)40-17-7-4-8-18-40/h3-8,11-18,20,22-37H,9-10,19,21H2,1-2H3. The smallest absolute Gasteiger partial charge is 0.0465 e. The molecule has 0 saturated heterocycles. The van der Waals surface area contributed by atoms with E-state index >= 15 is 0 Å². The molecular formula is C55H45N. The van der Waals surface area contributed by atoms with Crippen molar-refractivity contribution in [3.8, 4) is 55.6 Å². The molecule has 2 aliphatic carbocycles. The van der Waals surface area contributed by atoms with Crippen LogP contribution >= 0.6 is 0 Å². The maximum absolute atomic E-state index is 2.44. The first kappa shape index (κ1) is 34.1. The van der Waals surface area contributed by atoms with Crippen LogP contribution in [0.4, 0.5) is 17.1 Å². The molecule has 0 aromatic heterocycles. The van der Waals surface area contributed by atoms with Crippen molar-refractivity contribution in [1.29, 1.82) is 0 Å². The molecule has 56 heavy (non-hydrogen) atoms. The Kier molecular flexibility index (Phi) is 8.52. The molecule has 0 saturated carbocycles. The summed E-state index contributed by atoms with van der Waals surface area (Å²) in [7, 11) is 0. The summed E-state index contributed by atoms with van der Waals surface area (Å²) in [5.41, 5.74) is 21.8. The van der Waals surface area contributed by atoms with Gasteiger partial charge in [-0.05, 0) is 140 Å². The third kappa shape index (κ3) is 5.87. The van der Waals surface area contributed by atoms with E-state index in [2.05, 4.69) is 207 Å². The molecule has 1 heteroatoms. The van der Waals surface area contributed by atoms with Crippen molar-refractivity contribution in [2.24, 2.45) is 0 Å². The maximum Gasteiger partial charge on any atom is 0.0465 e. The number of hydrogen-bond donors (Lipinski definition) is 0. The Morgan fingerprint density at radius 1 is 0.375 bits per heavy atom. The van der Waals surface area contributed by atoms with Crippen LogP contribution in [0.5, 0.6) is 0 Å². The van der Waals surface area contributed by atoms with Gasteiger partial charge < -0.3 is 4.90 Å². The summed E-state index contributed by atoms with van der Waals surface area (Å²) >= 11 is 0. The second kappa shape index (κ2) is 14.0. The van der Waals surface area contributed by atoms with Gasteiger partial charge in [0, 0.05) is 22.5 Å². The second-order valence-corrected chi connectivity index (χ2v) is 15.9. The highest BCUT2D eigenvalue weighted by Gasteiger charge is 2.35. The molecule has 2 aliphatic rings. The number of rotatable bonds is 7. The summed E-state index contributed by atoms with van der Waals surface area (Å²) in [6, 6.07) is 69.7. The van der Waals surface area contributed by atoms with Gasteiger partial charge in [-0.25, -0.2) is 0 Å². The Morgan fingerprint density at radius 3 is 1.55 bits per heavy atom. The molecule has 8 aromatic rings. The Morgan fingerprint density at radius 2 is 0.875 bits per heavy atom. The SMILES string of the molecule is CC1(C)c2ccccc2-c2ccc(N(c3ccc(-c4cccc5c4CCCC5)cc3)c3ccc(-c4c(-c5ccccc5)cccc4-c4ccccc4)cc3)cc21. The van der Waals surface area contributed by atoms with Gasteiger partial charge in [0.15, 0.2) is 0 Å². The summed E-state index contributed by atoms with van der Waals surface area (Å²) in [6.07, 6.45) is 4.91. The van der Waals surface area contributed by atoms with Crippen molar-refractivity contribution >= 4 is 17.1 Å². The Hall–Kier alpha value is -6.44. The Bertz CT molecular complexity index is 2630. The van der Waals surface area contributed by atoms with E-state index in [1.807, 2.05) is 0 Å². The number of benzene rings is 8. The minimum Gasteiger partial charge on any atom is -0.310 e. The Labute approximate surface area is 331 Å². The lowest BCUT2D eigenvalue weighted by atomic mass is 9.82. The fourth-order valence-corrected chi connectivity index (χ4v) is 9.48. The quantitative estimate of drug-likeness (QED) is 0.159. The molecule has 0 N–H and O–H groups in total. The zero-order valence-corrected chi connectivity index (χ0v) is 32.2. The lowest BCUT2D eigenvalue weighted by Crippen LogP contribution is -2.16. The van der Waals surface area contributed by atoms with E-state index in [0.29, 0.717) is 0 Å². The average molecular weight is 720 g/mol. The lowest BCUT2D eigenvalue weighted by molar-refractivity contribution is 0.660. The zero-order chi connectivity index (χ0) is 37.6. The van der Waals surface area contributed by atoms with E-state index in [1.54, 1.807) is 0 Å². The van der Waals surface area contributed by atoms with Crippen LogP contribution in [0, 0.1) is 0 Å². The van der Waals surface area contributed by atoms with Crippen molar-refractivity contribution in [2.75, 3.05) is 4.90 Å². The third-order valence-electron chi connectivity index (χ3n) is 12.3. The monoisotopic (exact) mass is 719 g/mol.